The molecule has 0 N–H and O–H groups in total. The van der Waals surface area contributed by atoms with E-state index in [-0.39, 0.29) is 0 Å². The monoisotopic (exact) mass is 388 g/mol. The highest BCUT2D eigenvalue weighted by Gasteiger charge is 2.45. The summed E-state index contributed by atoms with van der Waals surface area (Å²) in [5.74, 6) is 2.59. The molecular weight excluding hydrogens is 356 g/mol. The van der Waals surface area contributed by atoms with Crippen molar-refractivity contribution in [3.8, 4) is 0 Å². The van der Waals surface area contributed by atoms with E-state index in [1.165, 1.54) is 37.2 Å². The molecule has 0 radical (unpaired) electrons. The van der Waals surface area contributed by atoms with Crippen LogP contribution in [0.4, 0.5) is 0 Å². The van der Waals surface area contributed by atoms with Crippen molar-refractivity contribution in [1.29, 1.82) is 0 Å². The Bertz CT molecular complexity index is 612. The van der Waals surface area contributed by atoms with Crippen molar-refractivity contribution in [2.75, 3.05) is 50.9 Å². The molecule has 3 fully saturated rings. The zero-order valence-electron chi connectivity index (χ0n) is 16.3. The summed E-state index contributed by atoms with van der Waals surface area (Å²) in [5.41, 5.74) is 0.771. The summed E-state index contributed by atoms with van der Waals surface area (Å²) in [5, 5.41) is 0. The molecule has 148 valence electrons. The maximum Gasteiger partial charge on any atom is 0.233 e. The first-order chi connectivity index (χ1) is 13.3. The van der Waals surface area contributed by atoms with Crippen LogP contribution in [0.25, 0.3) is 0 Å². The van der Waals surface area contributed by atoms with Crippen molar-refractivity contribution in [3.63, 3.8) is 0 Å². The van der Waals surface area contributed by atoms with Gasteiger partial charge in [0.1, 0.15) is 0 Å². The lowest BCUT2D eigenvalue weighted by molar-refractivity contribution is -0.143. The Labute approximate surface area is 167 Å². The number of thioether (sulfide) groups is 1. The SMILES string of the molecule is O=C(N1CCCSC[C@H]1CN1CCCC1)C1(c2ccccc2)CCOCC1. The van der Waals surface area contributed by atoms with Crippen LogP contribution in [0.5, 0.6) is 0 Å². The highest BCUT2D eigenvalue weighted by molar-refractivity contribution is 7.99. The number of benzene rings is 1. The Morgan fingerprint density at radius 3 is 2.56 bits per heavy atom. The molecule has 3 aliphatic rings. The Hall–Kier alpha value is -1.04. The molecule has 1 atom stereocenters. The van der Waals surface area contributed by atoms with Gasteiger partial charge in [0.15, 0.2) is 0 Å². The molecule has 4 nitrogen and oxygen atoms in total. The van der Waals surface area contributed by atoms with Gasteiger partial charge in [0.05, 0.1) is 11.5 Å². The van der Waals surface area contributed by atoms with E-state index < -0.39 is 5.41 Å². The number of amides is 1. The van der Waals surface area contributed by atoms with E-state index in [0.717, 1.165) is 38.1 Å². The van der Waals surface area contributed by atoms with Crippen molar-refractivity contribution >= 4 is 17.7 Å². The van der Waals surface area contributed by atoms with E-state index >= 15 is 0 Å². The Kier molecular flexibility index (Phi) is 6.41. The molecule has 27 heavy (non-hydrogen) atoms. The van der Waals surface area contributed by atoms with Crippen molar-refractivity contribution in [3.05, 3.63) is 35.9 Å². The minimum Gasteiger partial charge on any atom is -0.381 e. The lowest BCUT2D eigenvalue weighted by Crippen LogP contribution is -2.56. The van der Waals surface area contributed by atoms with Crippen LogP contribution in [0.15, 0.2) is 30.3 Å². The number of nitrogens with zero attached hydrogens (tertiary/aromatic N) is 2. The summed E-state index contributed by atoms with van der Waals surface area (Å²) >= 11 is 2.02. The molecule has 0 saturated carbocycles. The van der Waals surface area contributed by atoms with Crippen molar-refractivity contribution in [2.24, 2.45) is 0 Å². The first-order valence-corrected chi connectivity index (χ1v) is 11.7. The van der Waals surface area contributed by atoms with Crippen LogP contribution in [-0.4, -0.2) is 72.6 Å². The molecule has 3 aliphatic heterocycles. The van der Waals surface area contributed by atoms with Gasteiger partial charge in [-0.25, -0.2) is 0 Å². The van der Waals surface area contributed by atoms with Gasteiger partial charge in [0.25, 0.3) is 0 Å². The van der Waals surface area contributed by atoms with Gasteiger partial charge < -0.3 is 14.5 Å². The van der Waals surface area contributed by atoms with Crippen molar-refractivity contribution in [1.82, 2.24) is 9.80 Å². The number of hydrogen-bond donors (Lipinski definition) is 0. The van der Waals surface area contributed by atoms with Gasteiger partial charge in [0.2, 0.25) is 5.91 Å². The van der Waals surface area contributed by atoms with Gasteiger partial charge in [0, 0.05) is 32.1 Å². The Morgan fingerprint density at radius 2 is 1.81 bits per heavy atom. The molecule has 1 aromatic rings. The number of ether oxygens (including phenoxy) is 1. The van der Waals surface area contributed by atoms with Gasteiger partial charge in [-0.15, -0.1) is 0 Å². The zero-order chi connectivity index (χ0) is 18.5. The highest BCUT2D eigenvalue weighted by atomic mass is 32.2. The number of hydrogen-bond acceptors (Lipinski definition) is 4. The number of carbonyl (C=O) groups excluding carboxylic acids is 1. The fourth-order valence-electron chi connectivity index (χ4n) is 4.89. The topological polar surface area (TPSA) is 32.8 Å². The number of likely N-dealkylation sites (tertiary alicyclic amines) is 1. The third kappa shape index (κ3) is 4.20. The fourth-order valence-corrected chi connectivity index (χ4v) is 5.95. The van der Waals surface area contributed by atoms with Crippen LogP contribution >= 0.6 is 11.8 Å². The predicted molar refractivity (Wildman–Crippen MR) is 111 cm³/mol. The van der Waals surface area contributed by atoms with E-state index in [9.17, 15) is 4.79 Å². The smallest absolute Gasteiger partial charge is 0.233 e. The van der Waals surface area contributed by atoms with Crippen molar-refractivity contribution < 1.29 is 9.53 Å². The third-order valence-corrected chi connectivity index (χ3v) is 7.65. The van der Waals surface area contributed by atoms with Gasteiger partial charge in [-0.3, -0.25) is 4.79 Å². The average Bonchev–Trinajstić information content (AvgIpc) is 3.13. The molecule has 5 heteroatoms. The second kappa shape index (κ2) is 8.97. The van der Waals surface area contributed by atoms with Crippen LogP contribution in [0.1, 0.15) is 37.7 Å². The second-order valence-electron chi connectivity index (χ2n) is 8.15. The fraction of sp³-hybridized carbons (Fsp3) is 0.682. The normalized spacial score (nSPS) is 26.7. The van der Waals surface area contributed by atoms with E-state index in [0.29, 0.717) is 25.2 Å². The second-order valence-corrected chi connectivity index (χ2v) is 9.30. The van der Waals surface area contributed by atoms with Crippen LogP contribution < -0.4 is 0 Å². The van der Waals surface area contributed by atoms with Crippen LogP contribution in [0, 0.1) is 0 Å². The molecule has 4 rings (SSSR count). The molecule has 1 aromatic carbocycles. The quantitative estimate of drug-likeness (QED) is 0.793. The van der Waals surface area contributed by atoms with Gasteiger partial charge >= 0.3 is 0 Å². The largest absolute Gasteiger partial charge is 0.381 e. The van der Waals surface area contributed by atoms with E-state index in [2.05, 4.69) is 34.1 Å². The average molecular weight is 389 g/mol. The summed E-state index contributed by atoms with van der Waals surface area (Å²) in [6.45, 7) is 5.70. The molecule has 0 aliphatic carbocycles. The summed E-state index contributed by atoms with van der Waals surface area (Å²) in [4.78, 5) is 18.9. The van der Waals surface area contributed by atoms with Crippen LogP contribution in [0.3, 0.4) is 0 Å². The maximum absolute atomic E-state index is 14.1. The van der Waals surface area contributed by atoms with E-state index in [4.69, 9.17) is 4.74 Å². The van der Waals surface area contributed by atoms with Gasteiger partial charge in [-0.2, -0.15) is 11.8 Å². The molecule has 0 unspecified atom stereocenters. The number of rotatable bonds is 4. The summed E-state index contributed by atoms with van der Waals surface area (Å²) < 4.78 is 5.66. The molecule has 1 amide bonds. The molecule has 3 saturated heterocycles. The first-order valence-electron chi connectivity index (χ1n) is 10.5. The maximum atomic E-state index is 14.1. The first kappa shape index (κ1) is 19.3. The summed E-state index contributed by atoms with van der Waals surface area (Å²) in [6, 6.07) is 10.8. The molecule has 0 aromatic heterocycles. The lowest BCUT2D eigenvalue weighted by Gasteiger charge is -2.43. The standard InChI is InChI=1S/C22H32N2O2S/c25-21(22(9-14-26-15-10-22)19-7-2-1-3-8-19)24-13-6-16-27-18-20(24)17-23-11-4-5-12-23/h1-3,7-8,20H,4-6,9-18H2/t20-/m1/s1. The minimum atomic E-state index is -0.405. The summed E-state index contributed by atoms with van der Waals surface area (Å²) in [6.07, 6.45) is 5.32. The Balaban J connectivity index is 1.61. The van der Waals surface area contributed by atoms with Crippen LogP contribution in [-0.2, 0) is 14.9 Å². The predicted octanol–water partition coefficient (Wildman–Crippen LogP) is 3.16. The molecule has 0 bridgehead atoms. The van der Waals surface area contributed by atoms with E-state index in [1.54, 1.807) is 0 Å². The third-order valence-electron chi connectivity index (χ3n) is 6.45. The molecule has 3 heterocycles. The van der Waals surface area contributed by atoms with Gasteiger partial charge in [-0.1, -0.05) is 30.3 Å². The molecule has 0 spiro atoms. The van der Waals surface area contributed by atoms with Crippen molar-refractivity contribution in [2.45, 2.75) is 43.6 Å². The lowest BCUT2D eigenvalue weighted by atomic mass is 9.72. The van der Waals surface area contributed by atoms with Gasteiger partial charge in [-0.05, 0) is 56.5 Å². The Morgan fingerprint density at radius 1 is 1.07 bits per heavy atom. The molecular formula is C22H32N2O2S. The summed E-state index contributed by atoms with van der Waals surface area (Å²) in [7, 11) is 0. The highest BCUT2D eigenvalue weighted by Crippen LogP contribution is 2.38. The van der Waals surface area contributed by atoms with Crippen LogP contribution in [0.2, 0.25) is 0 Å². The number of carbonyl (C=O) groups is 1. The minimum absolute atomic E-state index is 0.339. The zero-order valence-corrected chi connectivity index (χ0v) is 17.1. The van der Waals surface area contributed by atoms with E-state index in [1.807, 2.05) is 17.8 Å².